The highest BCUT2D eigenvalue weighted by Gasteiger charge is 2.24. The summed E-state index contributed by atoms with van der Waals surface area (Å²) >= 11 is 5.96. The van der Waals surface area contributed by atoms with E-state index in [0.717, 1.165) is 5.56 Å². The Balaban J connectivity index is 1.64. The molecule has 2 heterocycles. The Morgan fingerprint density at radius 3 is 2.75 bits per heavy atom. The predicted molar refractivity (Wildman–Crippen MR) is 121 cm³/mol. The molecule has 0 fully saturated rings. The lowest BCUT2D eigenvalue weighted by Crippen LogP contribution is -2.36. The molecule has 1 atom stereocenters. The normalized spacial score (nSPS) is 12.0. The van der Waals surface area contributed by atoms with Crippen LogP contribution in [0.1, 0.15) is 24.9 Å². The van der Waals surface area contributed by atoms with E-state index < -0.39 is 11.6 Å². The fraction of sp³-hybridized carbons (Fsp3) is 0.217. The molecule has 0 radical (unpaired) electrons. The maximum absolute atomic E-state index is 13.3. The Morgan fingerprint density at radius 1 is 1.25 bits per heavy atom. The molecule has 2 aromatic carbocycles. The molecule has 8 nitrogen and oxygen atoms in total. The highest BCUT2D eigenvalue weighted by Crippen LogP contribution is 2.26. The molecular formula is C23H21ClN4O4. The molecule has 2 aromatic heterocycles. The van der Waals surface area contributed by atoms with Crippen molar-refractivity contribution in [3.8, 4) is 17.0 Å². The number of nitrogens with one attached hydrogen (secondary N) is 1. The van der Waals surface area contributed by atoms with Crippen LogP contribution in [0.4, 0.5) is 0 Å². The number of hydrogen-bond acceptors (Lipinski definition) is 6. The van der Waals surface area contributed by atoms with E-state index in [1.807, 2.05) is 31.2 Å². The van der Waals surface area contributed by atoms with Crippen molar-refractivity contribution in [1.29, 1.82) is 0 Å². The van der Waals surface area contributed by atoms with Crippen molar-refractivity contribution in [3.63, 3.8) is 0 Å². The molecule has 4 rings (SSSR count). The van der Waals surface area contributed by atoms with Gasteiger partial charge in [0, 0.05) is 17.1 Å². The van der Waals surface area contributed by atoms with Crippen LogP contribution < -0.4 is 15.6 Å². The quantitative estimate of drug-likeness (QED) is 0.455. The van der Waals surface area contributed by atoms with Crippen molar-refractivity contribution in [1.82, 2.24) is 20.0 Å². The molecule has 9 heteroatoms. The van der Waals surface area contributed by atoms with Crippen LogP contribution in [0.3, 0.4) is 0 Å². The van der Waals surface area contributed by atoms with Gasteiger partial charge in [-0.15, -0.1) is 0 Å². The molecular weight excluding hydrogens is 432 g/mol. The molecule has 0 aliphatic rings. The molecule has 0 aliphatic heterocycles. The lowest BCUT2D eigenvalue weighted by molar-refractivity contribution is -0.124. The highest BCUT2D eigenvalue weighted by molar-refractivity contribution is 6.30. The topological polar surface area (TPSA) is 99.2 Å². The summed E-state index contributed by atoms with van der Waals surface area (Å²) in [6.07, 6.45) is 1.72. The van der Waals surface area contributed by atoms with Crippen LogP contribution in [0.25, 0.3) is 22.4 Å². The zero-order valence-corrected chi connectivity index (χ0v) is 18.3. The Morgan fingerprint density at radius 2 is 2.03 bits per heavy atom. The lowest BCUT2D eigenvalue weighted by Gasteiger charge is -2.17. The van der Waals surface area contributed by atoms with E-state index in [4.69, 9.17) is 20.9 Å². The van der Waals surface area contributed by atoms with Gasteiger partial charge in [-0.1, -0.05) is 47.9 Å². The van der Waals surface area contributed by atoms with Crippen LogP contribution >= 0.6 is 11.6 Å². The molecule has 0 aliphatic carbocycles. The van der Waals surface area contributed by atoms with Gasteiger partial charge in [0.05, 0.1) is 7.11 Å². The SMILES string of the molecule is CCC(C(=O)NCc1cccc(OC)c1)n1cnc2onc(-c3ccc(Cl)cc3)c2c1=O. The van der Waals surface area contributed by atoms with E-state index in [1.165, 1.54) is 10.9 Å². The van der Waals surface area contributed by atoms with E-state index in [1.54, 1.807) is 31.4 Å². The highest BCUT2D eigenvalue weighted by atomic mass is 35.5. The monoisotopic (exact) mass is 452 g/mol. The third kappa shape index (κ3) is 4.22. The number of nitrogens with zero attached hydrogens (tertiary/aromatic N) is 3. The largest absolute Gasteiger partial charge is 0.497 e. The van der Waals surface area contributed by atoms with Crippen molar-refractivity contribution in [2.45, 2.75) is 25.9 Å². The first kappa shape index (κ1) is 21.6. The van der Waals surface area contributed by atoms with Crippen LogP contribution in [0.5, 0.6) is 5.75 Å². The van der Waals surface area contributed by atoms with Gasteiger partial charge in [-0.3, -0.25) is 14.2 Å². The summed E-state index contributed by atoms with van der Waals surface area (Å²) in [7, 11) is 1.59. The van der Waals surface area contributed by atoms with E-state index in [-0.39, 0.29) is 17.0 Å². The summed E-state index contributed by atoms with van der Waals surface area (Å²) in [6, 6.07) is 13.6. The maximum atomic E-state index is 13.3. The number of halogens is 1. The standard InChI is InChI=1S/C23H21ClN4O4/c1-3-18(21(29)25-12-14-5-4-6-17(11-14)31-2)28-13-26-22-19(23(28)30)20(27-32-22)15-7-9-16(24)10-8-15/h4-11,13,18H,3,12H2,1-2H3,(H,25,29). The number of carbonyl (C=O) groups excluding carboxylic acids is 1. The minimum Gasteiger partial charge on any atom is -0.497 e. The number of ether oxygens (including phenoxy) is 1. The first-order valence-corrected chi connectivity index (χ1v) is 10.4. The van der Waals surface area contributed by atoms with Gasteiger partial charge in [0.15, 0.2) is 0 Å². The molecule has 0 saturated heterocycles. The first-order chi connectivity index (χ1) is 15.5. The number of aromatic nitrogens is 3. The van der Waals surface area contributed by atoms with Crippen molar-refractivity contribution in [2.24, 2.45) is 0 Å². The number of amides is 1. The van der Waals surface area contributed by atoms with Crippen molar-refractivity contribution >= 4 is 28.6 Å². The van der Waals surface area contributed by atoms with Gasteiger partial charge in [-0.25, -0.2) is 4.98 Å². The van der Waals surface area contributed by atoms with Gasteiger partial charge in [0.25, 0.3) is 11.3 Å². The summed E-state index contributed by atoms with van der Waals surface area (Å²) in [4.78, 5) is 30.5. The Hall–Kier alpha value is -3.65. The Labute approximate surface area is 188 Å². The van der Waals surface area contributed by atoms with Crippen molar-refractivity contribution < 1.29 is 14.1 Å². The minimum absolute atomic E-state index is 0.114. The smallest absolute Gasteiger partial charge is 0.267 e. The summed E-state index contributed by atoms with van der Waals surface area (Å²) in [6.45, 7) is 2.14. The molecule has 4 aromatic rings. The Kier molecular flexibility index (Phi) is 6.23. The van der Waals surface area contributed by atoms with Crippen LogP contribution in [-0.4, -0.2) is 27.7 Å². The molecule has 1 amide bonds. The predicted octanol–water partition coefficient (Wildman–Crippen LogP) is 3.98. The second-order valence-corrected chi connectivity index (χ2v) is 7.61. The molecule has 164 valence electrons. The zero-order chi connectivity index (χ0) is 22.7. The average molecular weight is 453 g/mol. The summed E-state index contributed by atoms with van der Waals surface area (Å²) in [5.74, 6) is 0.417. The Bertz CT molecular complexity index is 1310. The molecule has 0 spiro atoms. The van der Waals surface area contributed by atoms with E-state index >= 15 is 0 Å². The summed E-state index contributed by atoms with van der Waals surface area (Å²) < 4.78 is 11.8. The molecule has 32 heavy (non-hydrogen) atoms. The van der Waals surface area contributed by atoms with Gasteiger partial charge < -0.3 is 14.6 Å². The van der Waals surface area contributed by atoms with Gasteiger partial charge in [-0.2, -0.15) is 0 Å². The third-order valence-electron chi connectivity index (χ3n) is 5.17. The summed E-state index contributed by atoms with van der Waals surface area (Å²) in [5.41, 5.74) is 1.63. The molecule has 1 N–H and O–H groups in total. The maximum Gasteiger partial charge on any atom is 0.267 e. The average Bonchev–Trinajstić information content (AvgIpc) is 3.25. The first-order valence-electron chi connectivity index (χ1n) is 10.0. The van der Waals surface area contributed by atoms with E-state index in [2.05, 4.69) is 15.5 Å². The number of hydrogen-bond donors (Lipinski definition) is 1. The third-order valence-corrected chi connectivity index (χ3v) is 5.42. The zero-order valence-electron chi connectivity index (χ0n) is 17.5. The van der Waals surface area contributed by atoms with Gasteiger partial charge >= 0.3 is 0 Å². The second kappa shape index (κ2) is 9.23. The van der Waals surface area contributed by atoms with Crippen LogP contribution in [0.15, 0.2) is 64.2 Å². The van der Waals surface area contributed by atoms with Crippen LogP contribution in [0, 0.1) is 0 Å². The summed E-state index contributed by atoms with van der Waals surface area (Å²) in [5, 5.41) is 7.68. The number of rotatable bonds is 7. The van der Waals surface area contributed by atoms with Gasteiger partial charge in [0.2, 0.25) is 5.91 Å². The number of fused-ring (bicyclic) bond motifs is 1. The second-order valence-electron chi connectivity index (χ2n) is 7.17. The van der Waals surface area contributed by atoms with E-state index in [9.17, 15) is 9.59 Å². The van der Waals surface area contributed by atoms with Crippen molar-refractivity contribution in [2.75, 3.05) is 7.11 Å². The van der Waals surface area contributed by atoms with Crippen LogP contribution in [-0.2, 0) is 11.3 Å². The number of carbonyl (C=O) groups is 1. The fourth-order valence-electron chi connectivity index (χ4n) is 3.48. The fourth-order valence-corrected chi connectivity index (χ4v) is 3.61. The van der Waals surface area contributed by atoms with Gasteiger partial charge in [-0.05, 0) is 36.2 Å². The lowest BCUT2D eigenvalue weighted by atomic mass is 10.1. The minimum atomic E-state index is -0.738. The van der Waals surface area contributed by atoms with Crippen molar-refractivity contribution in [3.05, 3.63) is 75.8 Å². The molecule has 0 saturated carbocycles. The number of benzene rings is 2. The molecule has 0 bridgehead atoms. The van der Waals surface area contributed by atoms with Gasteiger partial charge in [0.1, 0.15) is 29.2 Å². The van der Waals surface area contributed by atoms with Crippen LogP contribution in [0.2, 0.25) is 5.02 Å². The number of methoxy groups -OCH3 is 1. The van der Waals surface area contributed by atoms with E-state index in [0.29, 0.717) is 35.0 Å². The molecule has 1 unspecified atom stereocenters.